The van der Waals surface area contributed by atoms with E-state index in [0.29, 0.717) is 0 Å². The molecule has 2 nitrogen and oxygen atoms in total. The minimum Gasteiger partial charge on any atom is -0.394 e. The van der Waals surface area contributed by atoms with E-state index in [1.165, 1.54) is 35.1 Å². The average Bonchev–Trinajstić information content (AvgIpc) is 3.34. The van der Waals surface area contributed by atoms with Crippen molar-refractivity contribution < 1.29 is 5.11 Å². The smallest absolute Gasteiger partial charge is 0.0619 e. The van der Waals surface area contributed by atoms with Crippen LogP contribution < -0.4 is 5.32 Å². The lowest BCUT2D eigenvalue weighted by atomic mass is 9.96. The molecule has 2 aromatic carbocycles. The van der Waals surface area contributed by atoms with Crippen LogP contribution in [0.25, 0.3) is 0 Å². The Morgan fingerprint density at radius 3 is 2.36 bits per heavy atom. The average molecular weight is 293 g/mol. The van der Waals surface area contributed by atoms with Gasteiger partial charge in [0.05, 0.1) is 6.61 Å². The highest BCUT2D eigenvalue weighted by molar-refractivity contribution is 5.37. The van der Waals surface area contributed by atoms with E-state index in [1.54, 1.807) is 0 Å². The molecule has 2 aliphatic carbocycles. The maximum Gasteiger partial charge on any atom is 0.0619 e. The van der Waals surface area contributed by atoms with Gasteiger partial charge in [-0.3, -0.25) is 0 Å². The lowest BCUT2D eigenvalue weighted by Gasteiger charge is -2.28. The van der Waals surface area contributed by atoms with Gasteiger partial charge in [0, 0.05) is 12.1 Å². The van der Waals surface area contributed by atoms with E-state index >= 15 is 0 Å². The van der Waals surface area contributed by atoms with Crippen LogP contribution in [-0.2, 0) is 19.4 Å². The molecule has 114 valence electrons. The van der Waals surface area contributed by atoms with Gasteiger partial charge in [-0.25, -0.2) is 0 Å². The van der Waals surface area contributed by atoms with Gasteiger partial charge in [-0.1, -0.05) is 48.5 Å². The van der Waals surface area contributed by atoms with Crippen LogP contribution in [0.3, 0.4) is 0 Å². The number of hydrogen-bond donors (Lipinski definition) is 2. The number of nitrogens with one attached hydrogen (secondary N) is 1. The van der Waals surface area contributed by atoms with E-state index in [9.17, 15) is 5.11 Å². The highest BCUT2D eigenvalue weighted by atomic mass is 16.3. The van der Waals surface area contributed by atoms with Crippen LogP contribution in [-0.4, -0.2) is 17.3 Å². The lowest BCUT2D eigenvalue weighted by Crippen LogP contribution is -2.49. The van der Waals surface area contributed by atoms with Gasteiger partial charge in [0.2, 0.25) is 0 Å². The van der Waals surface area contributed by atoms with Crippen LogP contribution >= 0.6 is 0 Å². The Labute approximate surface area is 132 Å². The Kier molecular flexibility index (Phi) is 3.51. The van der Waals surface area contributed by atoms with Crippen molar-refractivity contribution in [2.24, 2.45) is 0 Å². The summed E-state index contributed by atoms with van der Waals surface area (Å²) in [7, 11) is 0. The normalized spacial score (nSPS) is 19.1. The van der Waals surface area contributed by atoms with Gasteiger partial charge < -0.3 is 10.4 Å². The van der Waals surface area contributed by atoms with Gasteiger partial charge in [0.1, 0.15) is 0 Å². The van der Waals surface area contributed by atoms with E-state index in [1.807, 2.05) is 0 Å². The van der Waals surface area contributed by atoms with E-state index in [0.717, 1.165) is 25.3 Å². The molecule has 0 atom stereocenters. The van der Waals surface area contributed by atoms with Crippen molar-refractivity contribution in [3.63, 3.8) is 0 Å². The fourth-order valence-electron chi connectivity index (χ4n) is 3.65. The molecule has 0 spiro atoms. The molecule has 0 unspecified atom stereocenters. The highest BCUT2D eigenvalue weighted by Crippen LogP contribution is 2.40. The summed E-state index contributed by atoms with van der Waals surface area (Å²) in [6.07, 6.45) is 4.52. The first kappa shape index (κ1) is 14.0. The third-order valence-corrected chi connectivity index (χ3v) is 5.15. The molecule has 0 amide bonds. The number of benzene rings is 2. The van der Waals surface area contributed by atoms with Gasteiger partial charge in [-0.2, -0.15) is 0 Å². The van der Waals surface area contributed by atoms with Gasteiger partial charge in [-0.05, 0) is 53.9 Å². The van der Waals surface area contributed by atoms with Crippen LogP contribution in [0.1, 0.15) is 41.0 Å². The van der Waals surface area contributed by atoms with Crippen molar-refractivity contribution in [2.75, 3.05) is 6.61 Å². The topological polar surface area (TPSA) is 32.3 Å². The van der Waals surface area contributed by atoms with Crippen LogP contribution in [0.2, 0.25) is 0 Å². The zero-order valence-corrected chi connectivity index (χ0v) is 12.9. The maximum atomic E-state index is 9.96. The number of fused-ring (bicyclic) bond motifs is 1. The summed E-state index contributed by atoms with van der Waals surface area (Å²) in [5.41, 5.74) is 5.35. The van der Waals surface area contributed by atoms with Crippen molar-refractivity contribution in [1.82, 2.24) is 5.32 Å². The molecule has 0 radical (unpaired) electrons. The van der Waals surface area contributed by atoms with Crippen molar-refractivity contribution >= 4 is 0 Å². The fraction of sp³-hybridized carbons (Fsp3) is 0.400. The van der Waals surface area contributed by atoms with Gasteiger partial charge in [0.15, 0.2) is 0 Å². The van der Waals surface area contributed by atoms with Gasteiger partial charge >= 0.3 is 0 Å². The Morgan fingerprint density at radius 2 is 1.73 bits per heavy atom. The summed E-state index contributed by atoms with van der Waals surface area (Å²) in [5, 5.41) is 13.6. The second kappa shape index (κ2) is 5.53. The van der Waals surface area contributed by atoms with E-state index in [4.69, 9.17) is 0 Å². The monoisotopic (exact) mass is 293 g/mol. The van der Waals surface area contributed by atoms with Crippen LogP contribution in [0.5, 0.6) is 0 Å². The number of aliphatic hydroxyl groups is 1. The number of aliphatic hydroxyl groups excluding tert-OH is 1. The summed E-state index contributed by atoms with van der Waals surface area (Å²) >= 11 is 0. The summed E-state index contributed by atoms with van der Waals surface area (Å²) in [5.74, 6) is 0.794. The molecule has 1 fully saturated rings. The third-order valence-electron chi connectivity index (χ3n) is 5.15. The summed E-state index contributed by atoms with van der Waals surface area (Å²) in [4.78, 5) is 0. The second-order valence-electron chi connectivity index (χ2n) is 6.93. The molecule has 0 aromatic heterocycles. The van der Waals surface area contributed by atoms with E-state index in [2.05, 4.69) is 53.8 Å². The van der Waals surface area contributed by atoms with Crippen LogP contribution in [0.15, 0.2) is 48.5 Å². The molecule has 4 rings (SSSR count). The molecular weight excluding hydrogens is 270 g/mol. The van der Waals surface area contributed by atoms with Crippen molar-refractivity contribution in [3.05, 3.63) is 70.8 Å². The predicted octanol–water partition coefficient (Wildman–Crippen LogP) is 3.18. The Bertz CT molecular complexity index is 650. The van der Waals surface area contributed by atoms with Crippen LogP contribution in [0.4, 0.5) is 0 Å². The molecule has 0 saturated heterocycles. The van der Waals surface area contributed by atoms with Gasteiger partial charge in [0.25, 0.3) is 0 Å². The fourth-order valence-corrected chi connectivity index (χ4v) is 3.65. The molecular formula is C20H23NO. The SMILES string of the molecule is OCC1(NCc2cccc(C3CC3)c2)Cc2ccccc2C1. The Balaban J connectivity index is 1.47. The molecule has 0 aliphatic heterocycles. The van der Waals surface area contributed by atoms with Crippen molar-refractivity contribution in [1.29, 1.82) is 0 Å². The molecule has 22 heavy (non-hydrogen) atoms. The quantitative estimate of drug-likeness (QED) is 0.887. The third kappa shape index (κ3) is 2.69. The minimum absolute atomic E-state index is 0.185. The standard InChI is InChI=1S/C20H23NO/c22-14-20(11-18-5-1-2-6-19(18)12-20)21-13-15-4-3-7-17(10-15)16-8-9-16/h1-7,10,16,21-22H,8-9,11-14H2. The zero-order valence-electron chi connectivity index (χ0n) is 12.9. The first-order valence-corrected chi connectivity index (χ1v) is 8.29. The Morgan fingerprint density at radius 1 is 1.00 bits per heavy atom. The molecule has 2 aliphatic rings. The molecule has 2 N–H and O–H groups in total. The molecule has 0 bridgehead atoms. The van der Waals surface area contributed by atoms with Crippen LogP contribution in [0, 0.1) is 0 Å². The number of hydrogen-bond acceptors (Lipinski definition) is 2. The van der Waals surface area contributed by atoms with E-state index in [-0.39, 0.29) is 12.1 Å². The minimum atomic E-state index is -0.195. The summed E-state index contributed by atoms with van der Waals surface area (Å²) in [6.45, 7) is 1.01. The first-order valence-electron chi connectivity index (χ1n) is 8.29. The highest BCUT2D eigenvalue weighted by Gasteiger charge is 2.36. The Hall–Kier alpha value is -1.64. The molecule has 2 aromatic rings. The van der Waals surface area contributed by atoms with E-state index < -0.39 is 0 Å². The second-order valence-corrected chi connectivity index (χ2v) is 6.93. The lowest BCUT2D eigenvalue weighted by molar-refractivity contribution is 0.166. The van der Waals surface area contributed by atoms with Crippen molar-refractivity contribution in [3.8, 4) is 0 Å². The molecule has 1 saturated carbocycles. The largest absolute Gasteiger partial charge is 0.394 e. The number of rotatable bonds is 5. The predicted molar refractivity (Wildman–Crippen MR) is 88.9 cm³/mol. The molecule has 2 heteroatoms. The summed E-state index contributed by atoms with van der Waals surface area (Å²) in [6, 6.07) is 17.5. The van der Waals surface area contributed by atoms with Gasteiger partial charge in [-0.15, -0.1) is 0 Å². The maximum absolute atomic E-state index is 9.96. The molecule has 0 heterocycles. The summed E-state index contributed by atoms with van der Waals surface area (Å²) < 4.78 is 0. The first-order chi connectivity index (χ1) is 10.8. The zero-order chi connectivity index (χ0) is 15.0. The van der Waals surface area contributed by atoms with Crippen molar-refractivity contribution in [2.45, 2.75) is 43.7 Å².